The largest absolute Gasteiger partial charge is 0.494 e. The Balaban J connectivity index is 2.06. The van der Waals surface area contributed by atoms with Crippen molar-refractivity contribution in [3.05, 3.63) is 53.6 Å². The molecule has 0 saturated carbocycles. The van der Waals surface area contributed by atoms with Crippen LogP contribution in [-0.2, 0) is 19.4 Å². The molecule has 1 N–H and O–H groups in total. The van der Waals surface area contributed by atoms with Gasteiger partial charge in [0.15, 0.2) is 15.9 Å². The molecule has 28 heavy (non-hydrogen) atoms. The van der Waals surface area contributed by atoms with E-state index in [2.05, 4.69) is 5.32 Å². The Hall–Kier alpha value is -2.87. The summed E-state index contributed by atoms with van der Waals surface area (Å²) in [6.45, 7) is 5.52. The quantitative estimate of drug-likeness (QED) is 0.711. The predicted octanol–water partition coefficient (Wildman–Crippen LogP) is 2.98. The van der Waals surface area contributed by atoms with Crippen LogP contribution in [0.1, 0.15) is 29.8 Å². The number of anilines is 1. The van der Waals surface area contributed by atoms with Gasteiger partial charge in [0.1, 0.15) is 5.75 Å². The highest BCUT2D eigenvalue weighted by Crippen LogP contribution is 2.18. The van der Waals surface area contributed by atoms with E-state index in [1.807, 2.05) is 6.92 Å². The molecule has 0 saturated heterocycles. The second kappa shape index (κ2) is 8.88. The van der Waals surface area contributed by atoms with Crippen LogP contribution in [0.3, 0.4) is 0 Å². The van der Waals surface area contributed by atoms with Crippen LogP contribution in [0.15, 0.2) is 47.4 Å². The van der Waals surface area contributed by atoms with E-state index in [1.165, 1.54) is 25.1 Å². The van der Waals surface area contributed by atoms with Gasteiger partial charge in [0, 0.05) is 11.9 Å². The minimum Gasteiger partial charge on any atom is -0.494 e. The smallest absolute Gasteiger partial charge is 0.339 e. The average molecular weight is 405 g/mol. The molecule has 0 aliphatic heterocycles. The molecule has 0 heterocycles. The van der Waals surface area contributed by atoms with Crippen LogP contribution >= 0.6 is 0 Å². The van der Waals surface area contributed by atoms with E-state index in [0.29, 0.717) is 23.6 Å². The summed E-state index contributed by atoms with van der Waals surface area (Å²) in [5.74, 6) is -0.590. The fourth-order valence-electron chi connectivity index (χ4n) is 2.37. The van der Waals surface area contributed by atoms with E-state index >= 15 is 0 Å². The predicted molar refractivity (Wildman–Crippen MR) is 105 cm³/mol. The first-order chi connectivity index (χ1) is 13.1. The summed E-state index contributed by atoms with van der Waals surface area (Å²) in [6, 6.07) is 11.0. The van der Waals surface area contributed by atoms with Gasteiger partial charge < -0.3 is 14.8 Å². The number of sulfone groups is 1. The number of esters is 1. The molecule has 2 aromatic carbocycles. The van der Waals surface area contributed by atoms with Crippen LogP contribution in [0.5, 0.6) is 5.75 Å². The Labute approximate surface area is 164 Å². The summed E-state index contributed by atoms with van der Waals surface area (Å²) < 4.78 is 33.9. The van der Waals surface area contributed by atoms with Crippen molar-refractivity contribution in [3.8, 4) is 5.75 Å². The summed E-state index contributed by atoms with van der Waals surface area (Å²) in [5.41, 5.74) is 1.19. The first kappa shape index (κ1) is 21.4. The first-order valence-corrected chi connectivity index (χ1v) is 10.6. The molecule has 7 nitrogen and oxygen atoms in total. The molecule has 0 fully saturated rings. The molecule has 1 amide bonds. The Morgan fingerprint density at radius 2 is 1.75 bits per heavy atom. The van der Waals surface area contributed by atoms with Gasteiger partial charge in [-0.25, -0.2) is 13.2 Å². The minimum absolute atomic E-state index is 0.0107. The lowest BCUT2D eigenvalue weighted by Gasteiger charge is -2.15. The molecule has 1 atom stereocenters. The van der Waals surface area contributed by atoms with E-state index in [9.17, 15) is 18.0 Å². The Morgan fingerprint density at radius 3 is 2.32 bits per heavy atom. The number of benzene rings is 2. The third-order valence-electron chi connectivity index (χ3n) is 3.94. The van der Waals surface area contributed by atoms with Crippen molar-refractivity contribution in [1.82, 2.24) is 0 Å². The molecule has 0 spiro atoms. The molecule has 0 aromatic heterocycles. The van der Waals surface area contributed by atoms with Crippen LogP contribution in [0.25, 0.3) is 0 Å². The summed E-state index contributed by atoms with van der Waals surface area (Å²) in [6.07, 6.45) is -0.0139. The zero-order valence-corrected chi connectivity index (χ0v) is 17.0. The summed E-state index contributed by atoms with van der Waals surface area (Å²) in [5, 5.41) is 2.65. The van der Waals surface area contributed by atoms with Crippen LogP contribution in [-0.4, -0.2) is 39.3 Å². The van der Waals surface area contributed by atoms with E-state index in [1.54, 1.807) is 31.2 Å². The van der Waals surface area contributed by atoms with Gasteiger partial charge in [-0.15, -0.1) is 0 Å². The van der Waals surface area contributed by atoms with Crippen LogP contribution in [0, 0.1) is 6.92 Å². The lowest BCUT2D eigenvalue weighted by Crippen LogP contribution is -2.30. The second-order valence-corrected chi connectivity index (χ2v) is 8.26. The van der Waals surface area contributed by atoms with E-state index in [0.717, 1.165) is 6.26 Å². The maximum atomic E-state index is 12.4. The maximum absolute atomic E-state index is 12.4. The number of carbonyl (C=O) groups excluding carboxylic acids is 2. The average Bonchev–Trinajstić information content (AvgIpc) is 2.62. The lowest BCUT2D eigenvalue weighted by atomic mass is 10.1. The van der Waals surface area contributed by atoms with Crippen LogP contribution < -0.4 is 10.1 Å². The molecule has 0 aliphatic carbocycles. The van der Waals surface area contributed by atoms with Gasteiger partial charge >= 0.3 is 5.97 Å². The van der Waals surface area contributed by atoms with Crippen LogP contribution in [0.4, 0.5) is 5.69 Å². The first-order valence-electron chi connectivity index (χ1n) is 8.67. The van der Waals surface area contributed by atoms with Crippen molar-refractivity contribution in [2.75, 3.05) is 18.2 Å². The molecule has 8 heteroatoms. The topological polar surface area (TPSA) is 98.8 Å². The van der Waals surface area contributed by atoms with Gasteiger partial charge in [-0.2, -0.15) is 0 Å². The summed E-state index contributed by atoms with van der Waals surface area (Å²) in [4.78, 5) is 24.7. The number of hydrogen-bond donors (Lipinski definition) is 1. The minimum atomic E-state index is -3.47. The van der Waals surface area contributed by atoms with Gasteiger partial charge in [0.2, 0.25) is 0 Å². The zero-order chi connectivity index (χ0) is 20.9. The molecule has 0 bridgehead atoms. The Kier molecular flexibility index (Phi) is 6.80. The normalized spacial score (nSPS) is 12.1. The number of aryl methyl sites for hydroxylation is 1. The lowest BCUT2D eigenvalue weighted by molar-refractivity contribution is -0.123. The van der Waals surface area contributed by atoms with Crippen molar-refractivity contribution >= 4 is 27.4 Å². The van der Waals surface area contributed by atoms with Crippen LogP contribution in [0.2, 0.25) is 0 Å². The molecule has 0 aliphatic rings. The SMILES string of the molecule is CCOc1ccc(NC(=O)[C@@H](C)OC(=O)c2cc(S(C)(=O)=O)ccc2C)cc1. The number of hydrogen-bond acceptors (Lipinski definition) is 6. The maximum Gasteiger partial charge on any atom is 0.339 e. The second-order valence-electron chi connectivity index (χ2n) is 6.24. The van der Waals surface area contributed by atoms with Gasteiger partial charge in [-0.3, -0.25) is 4.79 Å². The number of carbonyl (C=O) groups is 2. The van der Waals surface area contributed by atoms with Crippen molar-refractivity contribution in [3.63, 3.8) is 0 Å². The van der Waals surface area contributed by atoms with Gasteiger partial charge in [0.05, 0.1) is 17.1 Å². The van der Waals surface area contributed by atoms with Crippen molar-refractivity contribution in [1.29, 1.82) is 0 Å². The highest BCUT2D eigenvalue weighted by Gasteiger charge is 2.21. The molecular weight excluding hydrogens is 382 g/mol. The fraction of sp³-hybridized carbons (Fsp3) is 0.300. The summed E-state index contributed by atoms with van der Waals surface area (Å²) >= 11 is 0. The van der Waals surface area contributed by atoms with Gasteiger partial charge in [0.25, 0.3) is 5.91 Å². The Morgan fingerprint density at radius 1 is 1.11 bits per heavy atom. The van der Waals surface area contributed by atoms with Gasteiger partial charge in [-0.1, -0.05) is 6.07 Å². The van der Waals surface area contributed by atoms with E-state index in [4.69, 9.17) is 9.47 Å². The number of nitrogens with one attached hydrogen (secondary N) is 1. The van der Waals surface area contributed by atoms with E-state index < -0.39 is 27.8 Å². The molecule has 2 rings (SSSR count). The molecule has 2 aromatic rings. The molecule has 150 valence electrons. The Bertz CT molecular complexity index is 967. The standard InChI is InChI=1S/C20H23NO6S/c1-5-26-16-9-7-15(8-10-16)21-19(22)14(3)27-20(23)18-12-17(28(4,24)25)11-6-13(18)2/h6-12,14H,5H2,1-4H3,(H,21,22)/t14-/m1/s1. The van der Waals surface area contributed by atoms with Gasteiger partial charge in [-0.05, 0) is 62.7 Å². The number of ether oxygens (including phenoxy) is 2. The third kappa shape index (κ3) is 5.56. The number of rotatable bonds is 7. The summed E-state index contributed by atoms with van der Waals surface area (Å²) in [7, 11) is -3.47. The van der Waals surface area contributed by atoms with Crippen molar-refractivity contribution in [2.45, 2.75) is 31.8 Å². The van der Waals surface area contributed by atoms with Crippen molar-refractivity contribution < 1.29 is 27.5 Å². The zero-order valence-electron chi connectivity index (χ0n) is 16.2. The molecule has 0 radical (unpaired) electrons. The molecule has 0 unspecified atom stereocenters. The fourth-order valence-corrected chi connectivity index (χ4v) is 3.02. The highest BCUT2D eigenvalue weighted by molar-refractivity contribution is 7.90. The number of amides is 1. The third-order valence-corrected chi connectivity index (χ3v) is 5.05. The molecular formula is C20H23NO6S. The monoisotopic (exact) mass is 405 g/mol. The van der Waals surface area contributed by atoms with E-state index in [-0.39, 0.29) is 10.5 Å². The highest BCUT2D eigenvalue weighted by atomic mass is 32.2. The van der Waals surface area contributed by atoms with Crippen molar-refractivity contribution in [2.24, 2.45) is 0 Å².